The molecule has 1 N–H and O–H groups in total. The van der Waals surface area contributed by atoms with Crippen molar-refractivity contribution in [3.05, 3.63) is 17.5 Å². The van der Waals surface area contributed by atoms with Crippen LogP contribution in [0, 0.1) is 12.8 Å². The minimum atomic E-state index is -0.170. The molecule has 2 atom stereocenters. The van der Waals surface area contributed by atoms with E-state index in [1.54, 1.807) is 13.0 Å². The molecule has 0 aromatic carbocycles. The lowest BCUT2D eigenvalue weighted by molar-refractivity contribution is 0.0907. The van der Waals surface area contributed by atoms with Gasteiger partial charge in [0, 0.05) is 17.4 Å². The van der Waals surface area contributed by atoms with Crippen LogP contribution in [0.5, 0.6) is 0 Å². The summed E-state index contributed by atoms with van der Waals surface area (Å²) in [6, 6.07) is 1.65. The third kappa shape index (κ3) is 3.31. The normalized spacial score (nSPS) is 24.6. The molecule has 1 aliphatic rings. The van der Waals surface area contributed by atoms with Crippen molar-refractivity contribution < 1.29 is 9.32 Å². The third-order valence-corrected chi connectivity index (χ3v) is 4.40. The molecule has 4 nitrogen and oxygen atoms in total. The summed E-state index contributed by atoms with van der Waals surface area (Å²) in [5.74, 6) is 0.650. The van der Waals surface area contributed by atoms with E-state index in [0.29, 0.717) is 23.1 Å². The van der Waals surface area contributed by atoms with E-state index in [2.05, 4.69) is 26.4 Å². The van der Waals surface area contributed by atoms with E-state index in [9.17, 15) is 4.79 Å². The fourth-order valence-electron chi connectivity index (χ4n) is 2.17. The second-order valence-electron chi connectivity index (χ2n) is 4.60. The van der Waals surface area contributed by atoms with Crippen molar-refractivity contribution in [1.82, 2.24) is 10.5 Å². The van der Waals surface area contributed by atoms with Gasteiger partial charge in [0.25, 0.3) is 5.91 Å². The largest absolute Gasteiger partial charge is 0.351 e. The highest BCUT2D eigenvalue weighted by Gasteiger charge is 2.23. The lowest BCUT2D eigenvalue weighted by Crippen LogP contribution is -2.34. The number of aryl methyl sites for hydroxylation is 1. The summed E-state index contributed by atoms with van der Waals surface area (Å²) < 4.78 is 4.92. The van der Waals surface area contributed by atoms with Gasteiger partial charge in [-0.1, -0.05) is 33.9 Å². The number of hydrogen-bond acceptors (Lipinski definition) is 3. The van der Waals surface area contributed by atoms with Gasteiger partial charge in [-0.05, 0) is 25.7 Å². The number of halogens is 1. The maximum absolute atomic E-state index is 11.7. The maximum Gasteiger partial charge on any atom is 0.289 e. The van der Waals surface area contributed by atoms with Crippen LogP contribution in [0.4, 0.5) is 0 Å². The van der Waals surface area contributed by atoms with Crippen LogP contribution in [0.3, 0.4) is 0 Å². The first-order chi connectivity index (χ1) is 8.16. The Morgan fingerprint density at radius 3 is 3.00 bits per heavy atom. The standard InChI is InChI=1S/C12H17BrN2O2/c1-8-6-11(17-15-8)12(16)14-7-9-4-2-3-5-10(9)13/h6,9-10H,2-5,7H2,1H3,(H,14,16). The van der Waals surface area contributed by atoms with Crippen LogP contribution in [-0.4, -0.2) is 22.4 Å². The first-order valence-corrected chi connectivity index (χ1v) is 6.94. The summed E-state index contributed by atoms with van der Waals surface area (Å²) >= 11 is 3.68. The number of rotatable bonds is 3. The van der Waals surface area contributed by atoms with Gasteiger partial charge in [-0.2, -0.15) is 0 Å². The van der Waals surface area contributed by atoms with E-state index in [4.69, 9.17) is 4.52 Å². The van der Waals surface area contributed by atoms with E-state index >= 15 is 0 Å². The molecule has 1 amide bonds. The van der Waals surface area contributed by atoms with Gasteiger partial charge in [0.05, 0.1) is 5.69 Å². The quantitative estimate of drug-likeness (QED) is 0.873. The summed E-state index contributed by atoms with van der Waals surface area (Å²) in [6.07, 6.45) is 4.90. The van der Waals surface area contributed by atoms with Crippen LogP contribution >= 0.6 is 15.9 Å². The monoisotopic (exact) mass is 300 g/mol. The minimum Gasteiger partial charge on any atom is -0.351 e. The van der Waals surface area contributed by atoms with Crippen LogP contribution in [-0.2, 0) is 0 Å². The number of hydrogen-bond donors (Lipinski definition) is 1. The van der Waals surface area contributed by atoms with Gasteiger partial charge >= 0.3 is 0 Å². The smallest absolute Gasteiger partial charge is 0.289 e. The molecule has 1 aliphatic carbocycles. The summed E-state index contributed by atoms with van der Waals surface area (Å²) in [7, 11) is 0. The zero-order valence-electron chi connectivity index (χ0n) is 9.91. The van der Waals surface area contributed by atoms with E-state index in [-0.39, 0.29) is 5.91 Å². The molecule has 0 radical (unpaired) electrons. The first kappa shape index (κ1) is 12.6. The van der Waals surface area contributed by atoms with Crippen molar-refractivity contribution in [3.63, 3.8) is 0 Å². The Labute approximate surface area is 109 Å². The number of carbonyl (C=O) groups is 1. The minimum absolute atomic E-state index is 0.170. The highest BCUT2D eigenvalue weighted by atomic mass is 79.9. The van der Waals surface area contributed by atoms with Crippen LogP contribution in [0.25, 0.3) is 0 Å². The number of aromatic nitrogens is 1. The molecule has 2 rings (SSSR count). The summed E-state index contributed by atoms with van der Waals surface area (Å²) in [5, 5.41) is 6.61. The molecular weight excluding hydrogens is 284 g/mol. The Morgan fingerprint density at radius 1 is 1.59 bits per heavy atom. The SMILES string of the molecule is Cc1cc(C(=O)NCC2CCCCC2Br)on1. The second kappa shape index (κ2) is 5.67. The van der Waals surface area contributed by atoms with Crippen LogP contribution in [0.1, 0.15) is 41.9 Å². The fourth-order valence-corrected chi connectivity index (χ4v) is 2.95. The molecule has 0 bridgehead atoms. The lowest BCUT2D eigenvalue weighted by atomic mass is 9.89. The third-order valence-electron chi connectivity index (χ3n) is 3.19. The zero-order chi connectivity index (χ0) is 12.3. The van der Waals surface area contributed by atoms with E-state index in [0.717, 1.165) is 5.69 Å². The van der Waals surface area contributed by atoms with Crippen molar-refractivity contribution in [1.29, 1.82) is 0 Å². The second-order valence-corrected chi connectivity index (χ2v) is 5.78. The number of nitrogens with one attached hydrogen (secondary N) is 1. The van der Waals surface area contributed by atoms with Crippen molar-refractivity contribution in [3.8, 4) is 0 Å². The van der Waals surface area contributed by atoms with Crippen LogP contribution in [0.2, 0.25) is 0 Å². The molecule has 1 saturated carbocycles. The van der Waals surface area contributed by atoms with Crippen molar-refractivity contribution in [2.24, 2.45) is 5.92 Å². The molecule has 1 fully saturated rings. The molecule has 2 unspecified atom stereocenters. The average molecular weight is 301 g/mol. The van der Waals surface area contributed by atoms with Gasteiger partial charge in [-0.15, -0.1) is 0 Å². The lowest BCUT2D eigenvalue weighted by Gasteiger charge is -2.27. The predicted molar refractivity (Wildman–Crippen MR) is 68.2 cm³/mol. The van der Waals surface area contributed by atoms with Crippen LogP contribution in [0.15, 0.2) is 10.6 Å². The zero-order valence-corrected chi connectivity index (χ0v) is 11.5. The topological polar surface area (TPSA) is 55.1 Å². The van der Waals surface area contributed by atoms with Crippen molar-refractivity contribution in [2.75, 3.05) is 6.54 Å². The maximum atomic E-state index is 11.7. The number of carbonyl (C=O) groups excluding carboxylic acids is 1. The molecular formula is C12H17BrN2O2. The molecule has 1 aromatic rings. The molecule has 17 heavy (non-hydrogen) atoms. The summed E-state index contributed by atoms with van der Waals surface area (Å²) in [5.41, 5.74) is 0.728. The molecule has 0 aliphatic heterocycles. The Bertz CT molecular complexity index is 392. The van der Waals surface area contributed by atoms with E-state index in [1.807, 2.05) is 0 Å². The van der Waals surface area contributed by atoms with Crippen molar-refractivity contribution >= 4 is 21.8 Å². The molecule has 0 saturated heterocycles. The molecule has 1 aromatic heterocycles. The Kier molecular flexibility index (Phi) is 4.20. The Balaban J connectivity index is 1.83. The number of alkyl halides is 1. The van der Waals surface area contributed by atoms with Crippen LogP contribution < -0.4 is 5.32 Å². The Morgan fingerprint density at radius 2 is 2.35 bits per heavy atom. The molecule has 0 spiro atoms. The highest BCUT2D eigenvalue weighted by molar-refractivity contribution is 9.09. The Hall–Kier alpha value is -0.840. The van der Waals surface area contributed by atoms with Gasteiger partial charge < -0.3 is 9.84 Å². The number of nitrogens with zero attached hydrogens (tertiary/aromatic N) is 1. The van der Waals surface area contributed by atoms with Gasteiger partial charge in [0.2, 0.25) is 5.76 Å². The van der Waals surface area contributed by atoms with Crippen molar-refractivity contribution in [2.45, 2.75) is 37.4 Å². The summed E-state index contributed by atoms with van der Waals surface area (Å²) in [6.45, 7) is 2.50. The van der Waals surface area contributed by atoms with Gasteiger partial charge in [-0.3, -0.25) is 4.79 Å². The number of amides is 1. The highest BCUT2D eigenvalue weighted by Crippen LogP contribution is 2.29. The first-order valence-electron chi connectivity index (χ1n) is 6.02. The molecule has 5 heteroatoms. The van der Waals surface area contributed by atoms with Gasteiger partial charge in [0.1, 0.15) is 0 Å². The average Bonchev–Trinajstić information content (AvgIpc) is 2.74. The molecule has 1 heterocycles. The van der Waals surface area contributed by atoms with Gasteiger partial charge in [-0.25, -0.2) is 0 Å². The van der Waals surface area contributed by atoms with E-state index < -0.39 is 0 Å². The van der Waals surface area contributed by atoms with E-state index in [1.165, 1.54) is 25.7 Å². The summed E-state index contributed by atoms with van der Waals surface area (Å²) in [4.78, 5) is 12.3. The fraction of sp³-hybridized carbons (Fsp3) is 0.667. The van der Waals surface area contributed by atoms with Gasteiger partial charge in [0.15, 0.2) is 0 Å². The molecule has 94 valence electrons. The predicted octanol–water partition coefficient (Wildman–Crippen LogP) is 2.67.